The Morgan fingerprint density at radius 3 is 2.86 bits per heavy atom. The van der Waals surface area contributed by atoms with Gasteiger partial charge in [0.1, 0.15) is 0 Å². The molecule has 116 valence electrons. The second-order valence-electron chi connectivity index (χ2n) is 6.02. The molecule has 1 aromatic rings. The van der Waals surface area contributed by atoms with Crippen molar-refractivity contribution in [3.05, 3.63) is 34.9 Å². The number of hydrogen-bond acceptors (Lipinski definition) is 2. The van der Waals surface area contributed by atoms with Crippen LogP contribution in [-0.2, 0) is 13.0 Å². The maximum absolute atomic E-state index is 12.8. The molecule has 0 aromatic heterocycles. The molecule has 3 heteroatoms. The number of fused-ring (bicyclic) bond motifs is 1. The largest absolute Gasteiger partial charge is 0.336 e. The number of rotatable bonds is 6. The summed E-state index contributed by atoms with van der Waals surface area (Å²) in [5.41, 5.74) is 3.51. The molecule has 1 amide bonds. The molecule has 0 saturated carbocycles. The van der Waals surface area contributed by atoms with Crippen molar-refractivity contribution in [1.82, 2.24) is 10.2 Å². The summed E-state index contributed by atoms with van der Waals surface area (Å²) in [7, 11) is 0. The van der Waals surface area contributed by atoms with Crippen LogP contribution in [0.5, 0.6) is 0 Å². The van der Waals surface area contributed by atoms with E-state index in [2.05, 4.69) is 38.2 Å². The van der Waals surface area contributed by atoms with Crippen LogP contribution in [-0.4, -0.2) is 29.9 Å². The Labute approximate surface area is 128 Å². The Bertz CT molecular complexity index is 484. The van der Waals surface area contributed by atoms with Gasteiger partial charge in [-0.05, 0) is 56.0 Å². The Hall–Kier alpha value is -1.35. The van der Waals surface area contributed by atoms with Crippen LogP contribution in [0.15, 0.2) is 18.2 Å². The number of carbonyl (C=O) groups is 1. The van der Waals surface area contributed by atoms with Crippen molar-refractivity contribution in [2.45, 2.75) is 59.0 Å². The van der Waals surface area contributed by atoms with E-state index < -0.39 is 0 Å². The van der Waals surface area contributed by atoms with Gasteiger partial charge in [0.25, 0.3) is 5.91 Å². The summed E-state index contributed by atoms with van der Waals surface area (Å²) in [6.07, 6.45) is 4.26. The van der Waals surface area contributed by atoms with Gasteiger partial charge in [0, 0.05) is 24.7 Å². The van der Waals surface area contributed by atoms with Gasteiger partial charge in [0.15, 0.2) is 0 Å². The van der Waals surface area contributed by atoms with Crippen molar-refractivity contribution in [1.29, 1.82) is 0 Å². The van der Waals surface area contributed by atoms with Crippen LogP contribution >= 0.6 is 0 Å². The highest BCUT2D eigenvalue weighted by atomic mass is 16.2. The Morgan fingerprint density at radius 2 is 2.14 bits per heavy atom. The van der Waals surface area contributed by atoms with Crippen molar-refractivity contribution in [2.75, 3.05) is 13.1 Å². The molecule has 2 rings (SSSR count). The highest BCUT2D eigenvalue weighted by Gasteiger charge is 2.21. The Kier molecular flexibility index (Phi) is 5.80. The van der Waals surface area contributed by atoms with Gasteiger partial charge in [-0.15, -0.1) is 0 Å². The zero-order chi connectivity index (χ0) is 15.2. The molecule has 1 N–H and O–H groups in total. The van der Waals surface area contributed by atoms with E-state index in [0.29, 0.717) is 6.04 Å². The molecule has 1 aliphatic heterocycles. The lowest BCUT2D eigenvalue weighted by atomic mass is 9.98. The van der Waals surface area contributed by atoms with Gasteiger partial charge in [0.05, 0.1) is 0 Å². The van der Waals surface area contributed by atoms with Crippen molar-refractivity contribution in [3.63, 3.8) is 0 Å². The number of benzene rings is 1. The normalized spacial score (nSPS) is 15.4. The van der Waals surface area contributed by atoms with Gasteiger partial charge in [-0.2, -0.15) is 0 Å². The predicted molar refractivity (Wildman–Crippen MR) is 87.6 cm³/mol. The van der Waals surface area contributed by atoms with Crippen LogP contribution in [0.25, 0.3) is 0 Å². The van der Waals surface area contributed by atoms with E-state index in [0.717, 1.165) is 50.9 Å². The van der Waals surface area contributed by atoms with Crippen molar-refractivity contribution >= 4 is 5.91 Å². The lowest BCUT2D eigenvalue weighted by Gasteiger charge is -2.29. The standard InChI is InChI=1S/C18H28N2O/c1-4-6-11-20(14(3)5-2)18(21)16-8-7-15-9-10-19-13-17(15)12-16/h7-8,12,14,19H,4-6,9-11,13H2,1-3H3. The summed E-state index contributed by atoms with van der Waals surface area (Å²) in [5.74, 6) is 0.186. The highest BCUT2D eigenvalue weighted by molar-refractivity contribution is 5.94. The third-order valence-corrected chi connectivity index (χ3v) is 4.48. The number of nitrogens with one attached hydrogen (secondary N) is 1. The van der Waals surface area contributed by atoms with Crippen LogP contribution in [0.1, 0.15) is 61.5 Å². The first-order valence-corrected chi connectivity index (χ1v) is 8.30. The summed E-state index contributed by atoms with van der Waals surface area (Å²) in [6, 6.07) is 6.54. The van der Waals surface area contributed by atoms with E-state index in [1.165, 1.54) is 11.1 Å². The molecule has 0 fully saturated rings. The topological polar surface area (TPSA) is 32.3 Å². The smallest absolute Gasteiger partial charge is 0.254 e. The third-order valence-electron chi connectivity index (χ3n) is 4.48. The summed E-state index contributed by atoms with van der Waals surface area (Å²) in [6.45, 7) is 9.25. The molecule has 0 saturated heterocycles. The highest BCUT2D eigenvalue weighted by Crippen LogP contribution is 2.19. The van der Waals surface area contributed by atoms with E-state index in [-0.39, 0.29) is 5.91 Å². The van der Waals surface area contributed by atoms with E-state index in [1.54, 1.807) is 0 Å². The van der Waals surface area contributed by atoms with Gasteiger partial charge in [-0.25, -0.2) is 0 Å². The molecule has 0 bridgehead atoms. The second kappa shape index (κ2) is 7.60. The maximum atomic E-state index is 12.8. The number of nitrogens with zero attached hydrogens (tertiary/aromatic N) is 1. The van der Waals surface area contributed by atoms with Crippen molar-refractivity contribution in [3.8, 4) is 0 Å². The minimum Gasteiger partial charge on any atom is -0.336 e. The van der Waals surface area contributed by atoms with Gasteiger partial charge in [-0.1, -0.05) is 26.3 Å². The number of hydrogen-bond donors (Lipinski definition) is 1. The van der Waals surface area contributed by atoms with Crippen molar-refractivity contribution < 1.29 is 4.79 Å². The van der Waals surface area contributed by atoms with E-state index in [9.17, 15) is 4.79 Å². The molecule has 3 nitrogen and oxygen atoms in total. The van der Waals surface area contributed by atoms with Crippen LogP contribution < -0.4 is 5.32 Å². The van der Waals surface area contributed by atoms with Crippen LogP contribution in [0.3, 0.4) is 0 Å². The van der Waals surface area contributed by atoms with Gasteiger partial charge in [-0.3, -0.25) is 4.79 Å². The maximum Gasteiger partial charge on any atom is 0.254 e. The quantitative estimate of drug-likeness (QED) is 0.870. The molecule has 0 aliphatic carbocycles. The van der Waals surface area contributed by atoms with Crippen LogP contribution in [0, 0.1) is 0 Å². The zero-order valence-corrected chi connectivity index (χ0v) is 13.6. The molecule has 21 heavy (non-hydrogen) atoms. The van der Waals surface area contributed by atoms with E-state index in [1.807, 2.05) is 11.0 Å². The molecule has 1 heterocycles. The summed E-state index contributed by atoms with van der Waals surface area (Å²) >= 11 is 0. The number of unbranched alkanes of at least 4 members (excludes halogenated alkanes) is 1. The molecule has 1 aromatic carbocycles. The van der Waals surface area contributed by atoms with Gasteiger partial charge < -0.3 is 10.2 Å². The molecule has 1 aliphatic rings. The first-order valence-electron chi connectivity index (χ1n) is 8.30. The van der Waals surface area contributed by atoms with Gasteiger partial charge in [0.2, 0.25) is 0 Å². The Morgan fingerprint density at radius 1 is 1.33 bits per heavy atom. The lowest BCUT2D eigenvalue weighted by Crippen LogP contribution is -2.39. The average molecular weight is 288 g/mol. The fourth-order valence-electron chi connectivity index (χ4n) is 2.85. The van der Waals surface area contributed by atoms with E-state index >= 15 is 0 Å². The monoisotopic (exact) mass is 288 g/mol. The average Bonchev–Trinajstić information content (AvgIpc) is 2.54. The third kappa shape index (κ3) is 3.85. The number of amides is 1. The lowest BCUT2D eigenvalue weighted by molar-refractivity contribution is 0.0685. The summed E-state index contributed by atoms with van der Waals surface area (Å²) in [4.78, 5) is 14.9. The number of carbonyl (C=O) groups excluding carboxylic acids is 1. The Balaban J connectivity index is 2.19. The molecule has 0 spiro atoms. The minimum atomic E-state index is 0.186. The molecule has 1 atom stereocenters. The first kappa shape index (κ1) is 16.0. The molecule has 0 radical (unpaired) electrons. The first-order chi connectivity index (χ1) is 10.2. The van der Waals surface area contributed by atoms with Crippen LogP contribution in [0.2, 0.25) is 0 Å². The van der Waals surface area contributed by atoms with Crippen molar-refractivity contribution in [2.24, 2.45) is 0 Å². The van der Waals surface area contributed by atoms with Gasteiger partial charge >= 0.3 is 0 Å². The summed E-state index contributed by atoms with van der Waals surface area (Å²) in [5, 5.41) is 3.38. The van der Waals surface area contributed by atoms with E-state index in [4.69, 9.17) is 0 Å². The summed E-state index contributed by atoms with van der Waals surface area (Å²) < 4.78 is 0. The molecular weight excluding hydrogens is 260 g/mol. The predicted octanol–water partition coefficient (Wildman–Crippen LogP) is 3.37. The molecular formula is C18H28N2O. The van der Waals surface area contributed by atoms with Crippen LogP contribution in [0.4, 0.5) is 0 Å². The fraction of sp³-hybridized carbons (Fsp3) is 0.611. The second-order valence-corrected chi connectivity index (χ2v) is 6.02. The minimum absolute atomic E-state index is 0.186. The fourth-order valence-corrected chi connectivity index (χ4v) is 2.85. The molecule has 1 unspecified atom stereocenters. The SMILES string of the molecule is CCCCN(C(=O)c1ccc2c(c1)CNCC2)C(C)CC. The zero-order valence-electron chi connectivity index (χ0n) is 13.6.